The van der Waals surface area contributed by atoms with Gasteiger partial charge in [0, 0.05) is 31.8 Å². The van der Waals surface area contributed by atoms with Gasteiger partial charge in [-0.05, 0) is 64.8 Å². The van der Waals surface area contributed by atoms with Crippen molar-refractivity contribution in [2.24, 2.45) is 11.8 Å². The van der Waals surface area contributed by atoms with Crippen LogP contribution in [-0.4, -0.2) is 83.3 Å². The minimum Gasteiger partial charge on any atom is -0.343 e. The van der Waals surface area contributed by atoms with Gasteiger partial charge in [0.25, 0.3) is 0 Å². The molecule has 0 saturated carbocycles. The molecule has 3 amide bonds. The van der Waals surface area contributed by atoms with E-state index in [2.05, 4.69) is 37.9 Å². The van der Waals surface area contributed by atoms with E-state index in [4.69, 9.17) is 0 Å². The summed E-state index contributed by atoms with van der Waals surface area (Å²) < 4.78 is 0. The molecule has 2 heterocycles. The molecule has 0 bridgehead atoms. The summed E-state index contributed by atoms with van der Waals surface area (Å²) in [6, 6.07) is -0.729. The van der Waals surface area contributed by atoms with Gasteiger partial charge >= 0.3 is 0 Å². The zero-order valence-corrected chi connectivity index (χ0v) is 24.2. The largest absolute Gasteiger partial charge is 0.343 e. The van der Waals surface area contributed by atoms with E-state index in [0.717, 1.165) is 51.7 Å². The molecule has 7 heteroatoms. The average molecular weight is 505 g/mol. The summed E-state index contributed by atoms with van der Waals surface area (Å²) in [5.41, 5.74) is 0.690. The van der Waals surface area contributed by atoms with Gasteiger partial charge in [-0.3, -0.25) is 19.3 Å². The normalized spacial score (nSPS) is 21.9. The van der Waals surface area contributed by atoms with E-state index >= 15 is 0 Å². The smallest absolute Gasteiger partial charge is 0.249 e. The fraction of sp³-hybridized carbons (Fsp3) is 0.828. The Morgan fingerprint density at radius 1 is 0.861 bits per heavy atom. The first-order chi connectivity index (χ1) is 17.0. The van der Waals surface area contributed by atoms with Gasteiger partial charge in [0.1, 0.15) is 6.04 Å². The quantitative estimate of drug-likeness (QED) is 0.477. The fourth-order valence-corrected chi connectivity index (χ4v) is 5.58. The van der Waals surface area contributed by atoms with Crippen molar-refractivity contribution >= 4 is 17.7 Å². The number of likely N-dealkylation sites (N-methyl/N-ethyl adjacent to an activating group) is 1. The molecule has 0 radical (unpaired) electrons. The molecule has 7 nitrogen and oxygen atoms in total. The van der Waals surface area contributed by atoms with Gasteiger partial charge in [0.2, 0.25) is 17.7 Å². The van der Waals surface area contributed by atoms with Crippen molar-refractivity contribution in [2.45, 2.75) is 118 Å². The highest BCUT2D eigenvalue weighted by atomic mass is 16.2. The number of rotatable bonds is 9. The molecule has 2 fully saturated rings. The Morgan fingerprint density at radius 3 is 1.97 bits per heavy atom. The Bertz CT molecular complexity index is 768. The lowest BCUT2D eigenvalue weighted by atomic mass is 9.95. The molecule has 2 aliphatic heterocycles. The van der Waals surface area contributed by atoms with Gasteiger partial charge in [-0.2, -0.15) is 0 Å². The summed E-state index contributed by atoms with van der Waals surface area (Å²) in [6.45, 7) is 16.7. The lowest BCUT2D eigenvalue weighted by molar-refractivity contribution is -0.140. The molecule has 2 saturated heterocycles. The summed E-state index contributed by atoms with van der Waals surface area (Å²) in [7, 11) is 1.80. The first-order valence-corrected chi connectivity index (χ1v) is 14.3. The Hall–Kier alpha value is -1.89. The second-order valence-electron chi connectivity index (χ2n) is 11.8. The summed E-state index contributed by atoms with van der Waals surface area (Å²) in [5.74, 6) is 0.00663. The number of nitrogens with zero attached hydrogens (tertiary/aromatic N) is 3. The highest BCUT2D eigenvalue weighted by Gasteiger charge is 2.36. The highest BCUT2D eigenvalue weighted by molar-refractivity contribution is 5.93. The zero-order valence-electron chi connectivity index (χ0n) is 24.2. The van der Waals surface area contributed by atoms with Crippen LogP contribution in [0.2, 0.25) is 0 Å². The van der Waals surface area contributed by atoms with Crippen LogP contribution in [0.4, 0.5) is 0 Å². The number of amides is 3. The van der Waals surface area contributed by atoms with Crippen molar-refractivity contribution in [2.75, 3.05) is 26.7 Å². The van der Waals surface area contributed by atoms with Gasteiger partial charge in [0.05, 0.1) is 12.1 Å². The first kappa shape index (κ1) is 30.3. The molecular formula is C29H52N4O3. The molecule has 0 aromatic heterocycles. The second kappa shape index (κ2) is 14.2. The van der Waals surface area contributed by atoms with E-state index in [0.29, 0.717) is 5.57 Å². The second-order valence-corrected chi connectivity index (χ2v) is 11.8. The summed E-state index contributed by atoms with van der Waals surface area (Å²) >= 11 is 0. The maximum absolute atomic E-state index is 13.7. The molecule has 3 atom stereocenters. The molecule has 0 aliphatic carbocycles. The van der Waals surface area contributed by atoms with Crippen LogP contribution in [0.1, 0.15) is 93.4 Å². The number of carbonyl (C=O) groups is 3. The third-order valence-electron chi connectivity index (χ3n) is 7.87. The van der Waals surface area contributed by atoms with E-state index in [1.165, 1.54) is 12.8 Å². The van der Waals surface area contributed by atoms with Crippen molar-refractivity contribution in [3.63, 3.8) is 0 Å². The Morgan fingerprint density at radius 2 is 1.44 bits per heavy atom. The molecule has 0 spiro atoms. The standard InChI is InChI=1S/C29H52N4O3/c1-20(2)25(19-23(7)28(35)32-16-12-9-10-13-17-32)31(8)29(36)26(21(3)4)30-27(34)24-15-11-14-18-33(24)22(5)6/h19-22,24-26H,9-18H2,1-8H3,(H,30,34)/b23-19+/t24-,25?,26?/m1/s1. The van der Waals surface area contributed by atoms with E-state index in [1.807, 2.05) is 31.7 Å². The van der Waals surface area contributed by atoms with Crippen LogP contribution in [0.25, 0.3) is 0 Å². The van der Waals surface area contributed by atoms with Crippen molar-refractivity contribution in [1.29, 1.82) is 0 Å². The van der Waals surface area contributed by atoms with Gasteiger partial charge in [0.15, 0.2) is 0 Å². The van der Waals surface area contributed by atoms with Crippen LogP contribution in [0.15, 0.2) is 11.6 Å². The molecular weight excluding hydrogens is 452 g/mol. The van der Waals surface area contributed by atoms with E-state index in [-0.39, 0.29) is 47.7 Å². The Labute approximate surface area is 220 Å². The van der Waals surface area contributed by atoms with Gasteiger partial charge < -0.3 is 15.1 Å². The van der Waals surface area contributed by atoms with Crippen LogP contribution in [-0.2, 0) is 14.4 Å². The summed E-state index contributed by atoms with van der Waals surface area (Å²) in [4.78, 5) is 46.2. The van der Waals surface area contributed by atoms with E-state index in [9.17, 15) is 14.4 Å². The maximum atomic E-state index is 13.7. The van der Waals surface area contributed by atoms with Gasteiger partial charge in [-0.15, -0.1) is 0 Å². The van der Waals surface area contributed by atoms with E-state index < -0.39 is 6.04 Å². The number of nitrogens with one attached hydrogen (secondary N) is 1. The number of piperidine rings is 1. The maximum Gasteiger partial charge on any atom is 0.249 e. The number of hydrogen-bond acceptors (Lipinski definition) is 4. The summed E-state index contributed by atoms with van der Waals surface area (Å²) in [5, 5.41) is 3.11. The fourth-order valence-electron chi connectivity index (χ4n) is 5.58. The predicted octanol–water partition coefficient (Wildman–Crippen LogP) is 4.22. The molecule has 2 rings (SSSR count). The van der Waals surface area contributed by atoms with Crippen LogP contribution < -0.4 is 5.32 Å². The molecule has 2 aliphatic rings. The van der Waals surface area contributed by atoms with Crippen molar-refractivity contribution in [3.8, 4) is 0 Å². The lowest BCUT2D eigenvalue weighted by Gasteiger charge is -2.39. The molecule has 0 aromatic rings. The first-order valence-electron chi connectivity index (χ1n) is 14.3. The van der Waals surface area contributed by atoms with Crippen LogP contribution in [0, 0.1) is 11.8 Å². The SMILES string of the molecule is C/C(=C\C(C(C)C)N(C)C(=O)C(NC(=O)[C@H]1CCCCN1C(C)C)C(C)C)C(=O)N1CCCCCC1. The van der Waals surface area contributed by atoms with Crippen molar-refractivity contribution in [1.82, 2.24) is 20.0 Å². The topological polar surface area (TPSA) is 73.0 Å². The minimum absolute atomic E-state index is 0.0448. The molecule has 2 unspecified atom stereocenters. The van der Waals surface area contributed by atoms with Gasteiger partial charge in [-0.1, -0.05) is 53.0 Å². The summed E-state index contributed by atoms with van der Waals surface area (Å²) in [6.07, 6.45) is 9.38. The zero-order chi connectivity index (χ0) is 27.0. The van der Waals surface area contributed by atoms with Crippen LogP contribution in [0.5, 0.6) is 0 Å². The number of hydrogen-bond donors (Lipinski definition) is 1. The molecule has 206 valence electrons. The van der Waals surface area contributed by atoms with Crippen molar-refractivity contribution < 1.29 is 14.4 Å². The van der Waals surface area contributed by atoms with Crippen molar-refractivity contribution in [3.05, 3.63) is 11.6 Å². The molecule has 1 N–H and O–H groups in total. The van der Waals surface area contributed by atoms with Gasteiger partial charge in [-0.25, -0.2) is 0 Å². The van der Waals surface area contributed by atoms with Crippen LogP contribution in [0.3, 0.4) is 0 Å². The monoisotopic (exact) mass is 504 g/mol. The number of carbonyl (C=O) groups excluding carboxylic acids is 3. The molecule has 36 heavy (non-hydrogen) atoms. The number of likely N-dealkylation sites (tertiary alicyclic amines) is 2. The Balaban J connectivity index is 2.17. The van der Waals surface area contributed by atoms with E-state index in [1.54, 1.807) is 11.9 Å². The minimum atomic E-state index is -0.602. The average Bonchev–Trinajstić information content (AvgIpc) is 3.13. The van der Waals surface area contributed by atoms with Crippen LogP contribution >= 0.6 is 0 Å². The highest BCUT2D eigenvalue weighted by Crippen LogP contribution is 2.22. The predicted molar refractivity (Wildman–Crippen MR) is 146 cm³/mol. The third-order valence-corrected chi connectivity index (χ3v) is 7.87. The Kier molecular flexibility index (Phi) is 11.9. The molecule has 0 aromatic carbocycles. The third kappa shape index (κ3) is 8.06. The lowest BCUT2D eigenvalue weighted by Crippen LogP contribution is -2.58.